The van der Waals surface area contributed by atoms with Gasteiger partial charge in [0.2, 0.25) is 0 Å². The zero-order valence-corrected chi connectivity index (χ0v) is 8.51. The van der Waals surface area contributed by atoms with Crippen molar-refractivity contribution in [2.45, 2.75) is 12.8 Å². The molecule has 0 aromatic heterocycles. The van der Waals surface area contributed by atoms with Gasteiger partial charge in [0.1, 0.15) is 5.75 Å². The predicted molar refractivity (Wildman–Crippen MR) is 54.5 cm³/mol. The average molecular weight is 214 g/mol. The number of fused-ring (bicyclic) bond motifs is 1. The van der Waals surface area contributed by atoms with Crippen LogP contribution in [0.2, 0.25) is 5.02 Å². The molecular weight excluding hydrogens is 202 g/mol. The van der Waals surface area contributed by atoms with E-state index in [1.54, 1.807) is 0 Å². The third kappa shape index (κ3) is 1.85. The summed E-state index contributed by atoms with van der Waals surface area (Å²) in [5, 5.41) is 0.751. The third-order valence-electron chi connectivity index (χ3n) is 2.31. The Balaban J connectivity index is 2.29. The minimum atomic E-state index is 0.482. The van der Waals surface area contributed by atoms with E-state index in [4.69, 9.17) is 22.2 Å². The smallest absolute Gasteiger partial charge is 0.126 e. The van der Waals surface area contributed by atoms with Gasteiger partial charge in [-0.15, -0.1) is 0 Å². The second-order valence-electron chi connectivity index (χ2n) is 3.27. The molecule has 1 aromatic carbocycles. The molecule has 4 heteroatoms. The van der Waals surface area contributed by atoms with Gasteiger partial charge in [-0.1, -0.05) is 11.6 Å². The number of benzene rings is 1. The molecule has 0 fully saturated rings. The van der Waals surface area contributed by atoms with Gasteiger partial charge in [0, 0.05) is 17.9 Å². The fraction of sp³-hybridized carbons (Fsp3) is 0.400. The number of nitrogens with two attached hydrogens (primary N) is 1. The lowest BCUT2D eigenvalue weighted by molar-refractivity contribution is 0.140. The molecule has 1 aromatic rings. The minimum Gasteiger partial charge on any atom is -0.493 e. The van der Waals surface area contributed by atoms with Crippen LogP contribution in [0, 0.1) is 0 Å². The van der Waals surface area contributed by atoms with Crippen molar-refractivity contribution in [1.29, 1.82) is 0 Å². The van der Waals surface area contributed by atoms with Gasteiger partial charge >= 0.3 is 0 Å². The first-order chi connectivity index (χ1) is 6.81. The number of rotatable bonds is 3. The van der Waals surface area contributed by atoms with Crippen LogP contribution in [-0.2, 0) is 17.7 Å². The van der Waals surface area contributed by atoms with Crippen molar-refractivity contribution in [2.75, 3.05) is 13.2 Å². The Bertz CT molecular complexity index is 341. The van der Waals surface area contributed by atoms with Gasteiger partial charge in [-0.25, -0.2) is 5.90 Å². The lowest BCUT2D eigenvalue weighted by atomic mass is 10.1. The molecule has 0 saturated heterocycles. The highest BCUT2D eigenvalue weighted by Gasteiger charge is 2.17. The molecule has 14 heavy (non-hydrogen) atoms. The summed E-state index contributed by atoms with van der Waals surface area (Å²) < 4.78 is 5.53. The third-order valence-corrected chi connectivity index (χ3v) is 2.53. The molecule has 0 saturated carbocycles. The lowest BCUT2D eigenvalue weighted by Gasteiger charge is -2.07. The molecule has 1 aliphatic rings. The Morgan fingerprint density at radius 1 is 1.50 bits per heavy atom. The molecule has 0 bridgehead atoms. The Kier molecular flexibility index (Phi) is 2.91. The topological polar surface area (TPSA) is 44.5 Å². The van der Waals surface area contributed by atoms with Crippen LogP contribution in [0.3, 0.4) is 0 Å². The van der Waals surface area contributed by atoms with Crippen molar-refractivity contribution < 1.29 is 9.57 Å². The summed E-state index contributed by atoms with van der Waals surface area (Å²) in [6, 6.07) is 3.86. The van der Waals surface area contributed by atoms with Crippen LogP contribution < -0.4 is 10.6 Å². The number of ether oxygens (including phenoxy) is 1. The highest BCUT2D eigenvalue weighted by atomic mass is 35.5. The maximum Gasteiger partial charge on any atom is 0.126 e. The quantitative estimate of drug-likeness (QED) is 0.778. The maximum absolute atomic E-state index is 5.98. The molecule has 0 atom stereocenters. The maximum atomic E-state index is 5.98. The van der Waals surface area contributed by atoms with Gasteiger partial charge in [-0.2, -0.15) is 0 Å². The summed E-state index contributed by atoms with van der Waals surface area (Å²) in [6.45, 7) is 1.22. The van der Waals surface area contributed by atoms with Crippen molar-refractivity contribution in [3.63, 3.8) is 0 Å². The number of hydrogen-bond acceptors (Lipinski definition) is 3. The van der Waals surface area contributed by atoms with Crippen LogP contribution in [0.1, 0.15) is 11.1 Å². The van der Waals surface area contributed by atoms with Crippen LogP contribution in [0.15, 0.2) is 12.1 Å². The zero-order chi connectivity index (χ0) is 9.97. The van der Waals surface area contributed by atoms with Crippen molar-refractivity contribution in [2.24, 2.45) is 5.90 Å². The van der Waals surface area contributed by atoms with E-state index in [0.717, 1.165) is 35.8 Å². The summed E-state index contributed by atoms with van der Waals surface area (Å²) in [4.78, 5) is 4.55. The molecular formula is C10H12ClNO2. The van der Waals surface area contributed by atoms with E-state index >= 15 is 0 Å². The second-order valence-corrected chi connectivity index (χ2v) is 3.71. The summed E-state index contributed by atoms with van der Waals surface area (Å²) in [6.07, 6.45) is 1.67. The highest BCUT2D eigenvalue weighted by Crippen LogP contribution is 2.32. The van der Waals surface area contributed by atoms with Crippen molar-refractivity contribution >= 4 is 11.6 Å². The van der Waals surface area contributed by atoms with E-state index < -0.39 is 0 Å². The summed E-state index contributed by atoms with van der Waals surface area (Å²) in [5.74, 6) is 5.95. The van der Waals surface area contributed by atoms with E-state index in [0.29, 0.717) is 6.61 Å². The Morgan fingerprint density at radius 3 is 3.14 bits per heavy atom. The Morgan fingerprint density at radius 2 is 2.36 bits per heavy atom. The molecule has 76 valence electrons. The molecule has 0 unspecified atom stereocenters. The van der Waals surface area contributed by atoms with Gasteiger partial charge < -0.3 is 9.57 Å². The molecule has 1 heterocycles. The molecule has 3 nitrogen and oxygen atoms in total. The standard InChI is InChI=1S/C10H12ClNO2/c11-9-5-7-1-3-13-10(7)8(6-9)2-4-14-12/h5-6H,1-4,12H2. The molecule has 2 rings (SSSR count). The average Bonchev–Trinajstić information content (AvgIpc) is 2.61. The van der Waals surface area contributed by atoms with E-state index in [2.05, 4.69) is 4.84 Å². The monoisotopic (exact) mass is 213 g/mol. The van der Waals surface area contributed by atoms with Crippen LogP contribution in [0.4, 0.5) is 0 Å². The van der Waals surface area contributed by atoms with E-state index in [9.17, 15) is 0 Å². The van der Waals surface area contributed by atoms with E-state index in [-0.39, 0.29) is 0 Å². The van der Waals surface area contributed by atoms with Crippen molar-refractivity contribution in [3.8, 4) is 5.75 Å². The van der Waals surface area contributed by atoms with Crippen molar-refractivity contribution in [3.05, 3.63) is 28.3 Å². The minimum absolute atomic E-state index is 0.482. The Labute approximate surface area is 87.7 Å². The van der Waals surface area contributed by atoms with Crippen LogP contribution >= 0.6 is 11.6 Å². The van der Waals surface area contributed by atoms with E-state index in [1.807, 2.05) is 12.1 Å². The summed E-state index contributed by atoms with van der Waals surface area (Å²) in [5.41, 5.74) is 2.26. The SMILES string of the molecule is NOCCc1cc(Cl)cc2c1OCC2. The molecule has 1 aliphatic heterocycles. The van der Waals surface area contributed by atoms with Gasteiger partial charge in [-0.3, -0.25) is 0 Å². The Hall–Kier alpha value is -0.770. The molecule has 0 radical (unpaired) electrons. The second kappa shape index (κ2) is 4.17. The van der Waals surface area contributed by atoms with Gasteiger partial charge in [0.25, 0.3) is 0 Å². The fourth-order valence-electron chi connectivity index (χ4n) is 1.70. The number of hydrogen-bond donors (Lipinski definition) is 1. The van der Waals surface area contributed by atoms with Crippen LogP contribution in [0.5, 0.6) is 5.75 Å². The fourth-order valence-corrected chi connectivity index (χ4v) is 1.96. The van der Waals surface area contributed by atoms with Crippen molar-refractivity contribution in [1.82, 2.24) is 0 Å². The first-order valence-electron chi connectivity index (χ1n) is 4.57. The van der Waals surface area contributed by atoms with Gasteiger partial charge in [-0.05, 0) is 23.3 Å². The molecule has 0 amide bonds. The largest absolute Gasteiger partial charge is 0.493 e. The normalized spacial score (nSPS) is 13.9. The van der Waals surface area contributed by atoms with Gasteiger partial charge in [0.05, 0.1) is 13.2 Å². The summed E-state index contributed by atoms with van der Waals surface area (Å²) in [7, 11) is 0. The highest BCUT2D eigenvalue weighted by molar-refractivity contribution is 6.30. The summed E-state index contributed by atoms with van der Waals surface area (Å²) >= 11 is 5.98. The van der Waals surface area contributed by atoms with E-state index in [1.165, 1.54) is 5.56 Å². The zero-order valence-electron chi connectivity index (χ0n) is 7.75. The number of halogens is 1. The predicted octanol–water partition coefficient (Wildman–Crippen LogP) is 1.71. The first-order valence-corrected chi connectivity index (χ1v) is 4.95. The first kappa shape index (κ1) is 9.77. The van der Waals surface area contributed by atoms with Gasteiger partial charge in [0.15, 0.2) is 0 Å². The molecule has 0 spiro atoms. The van der Waals surface area contributed by atoms with Crippen LogP contribution in [-0.4, -0.2) is 13.2 Å². The van der Waals surface area contributed by atoms with Crippen LogP contribution in [0.25, 0.3) is 0 Å². The lowest BCUT2D eigenvalue weighted by Crippen LogP contribution is -2.04. The molecule has 2 N–H and O–H groups in total. The molecule has 0 aliphatic carbocycles.